The van der Waals surface area contributed by atoms with Crippen molar-refractivity contribution in [3.63, 3.8) is 0 Å². The van der Waals surface area contributed by atoms with Gasteiger partial charge in [0.15, 0.2) is 0 Å². The van der Waals surface area contributed by atoms with Gasteiger partial charge in [-0.1, -0.05) is 36.0 Å². The third-order valence-corrected chi connectivity index (χ3v) is 2.71. The second-order valence-electron chi connectivity index (χ2n) is 2.93. The summed E-state index contributed by atoms with van der Waals surface area (Å²) in [6, 6.07) is 12.4. The van der Waals surface area contributed by atoms with Gasteiger partial charge in [0.25, 0.3) is 0 Å². The molecule has 72 valence electrons. The minimum Gasteiger partial charge on any atom is -0.198 e. The van der Waals surface area contributed by atoms with Crippen LogP contribution in [0.3, 0.4) is 0 Å². The Balaban J connectivity index is 2.45. The van der Waals surface area contributed by atoms with Gasteiger partial charge in [0.05, 0.1) is 6.07 Å². The van der Waals surface area contributed by atoms with Gasteiger partial charge in [-0.3, -0.25) is 0 Å². The van der Waals surface area contributed by atoms with Gasteiger partial charge in [0.2, 0.25) is 0 Å². The average molecular weight is 203 g/mol. The van der Waals surface area contributed by atoms with Crippen molar-refractivity contribution in [1.29, 1.82) is 5.26 Å². The maximum atomic E-state index is 8.38. The van der Waals surface area contributed by atoms with Gasteiger partial charge in [0, 0.05) is 11.3 Å². The molecule has 0 amide bonds. The maximum Gasteiger partial charge on any atom is 0.0625 e. The fourth-order valence-corrected chi connectivity index (χ4v) is 1.92. The van der Waals surface area contributed by atoms with E-state index < -0.39 is 0 Å². The monoisotopic (exact) mass is 203 g/mol. The first-order valence-corrected chi connectivity index (χ1v) is 5.41. The Bertz CT molecular complexity index is 335. The van der Waals surface area contributed by atoms with E-state index in [2.05, 4.69) is 31.2 Å². The van der Waals surface area contributed by atoms with Crippen molar-refractivity contribution in [2.45, 2.75) is 24.7 Å². The summed E-state index contributed by atoms with van der Waals surface area (Å²) in [6.45, 7) is 2.08. The lowest BCUT2D eigenvalue weighted by Crippen LogP contribution is -1.72. The Kier molecular flexibility index (Phi) is 4.88. The van der Waals surface area contributed by atoms with Gasteiger partial charge in [-0.05, 0) is 30.4 Å². The van der Waals surface area contributed by atoms with Crippen LogP contribution < -0.4 is 0 Å². The summed E-state index contributed by atoms with van der Waals surface area (Å²) in [6.07, 6.45) is 3.57. The Hall–Kier alpha value is -1.20. The summed E-state index contributed by atoms with van der Waals surface area (Å²) in [7, 11) is 0. The lowest BCUT2D eigenvalue weighted by Gasteiger charge is -2.00. The third-order valence-electron chi connectivity index (χ3n) is 1.71. The van der Waals surface area contributed by atoms with Crippen LogP contribution in [0.15, 0.2) is 46.2 Å². The standard InChI is InChI=1S/C12H13NS/c1-11(7-5-6-10-13)14-12-8-3-2-4-9-12/h2-4,7-9H,5-6H2,1H3/b11-7-. The molecule has 2 heteroatoms. The van der Waals surface area contributed by atoms with Crippen molar-refractivity contribution in [2.24, 2.45) is 0 Å². The number of hydrogen-bond acceptors (Lipinski definition) is 2. The molecule has 0 atom stereocenters. The molecule has 1 aromatic rings. The van der Waals surface area contributed by atoms with E-state index in [9.17, 15) is 0 Å². The number of hydrogen-bond donors (Lipinski definition) is 0. The molecule has 0 aromatic heterocycles. The van der Waals surface area contributed by atoms with E-state index in [1.54, 1.807) is 11.8 Å². The van der Waals surface area contributed by atoms with Crippen molar-refractivity contribution in [3.05, 3.63) is 41.3 Å². The number of benzene rings is 1. The number of rotatable bonds is 4. The highest BCUT2D eigenvalue weighted by Gasteiger charge is 1.93. The van der Waals surface area contributed by atoms with Gasteiger partial charge in [-0.25, -0.2) is 0 Å². The Morgan fingerprint density at radius 1 is 1.43 bits per heavy atom. The first kappa shape index (κ1) is 10.9. The Labute approximate surface area is 89.4 Å². The quantitative estimate of drug-likeness (QED) is 0.546. The first-order chi connectivity index (χ1) is 6.83. The topological polar surface area (TPSA) is 23.8 Å². The van der Waals surface area contributed by atoms with E-state index in [1.807, 2.05) is 18.2 Å². The summed E-state index contributed by atoms with van der Waals surface area (Å²) < 4.78 is 0. The minimum absolute atomic E-state index is 0.604. The zero-order chi connectivity index (χ0) is 10.2. The summed E-state index contributed by atoms with van der Waals surface area (Å²) >= 11 is 1.75. The summed E-state index contributed by atoms with van der Waals surface area (Å²) in [5, 5.41) is 8.38. The molecule has 0 saturated heterocycles. The highest BCUT2D eigenvalue weighted by atomic mass is 32.2. The van der Waals surface area contributed by atoms with Gasteiger partial charge in [0.1, 0.15) is 0 Å². The van der Waals surface area contributed by atoms with E-state index in [-0.39, 0.29) is 0 Å². The molecule has 0 bridgehead atoms. The van der Waals surface area contributed by atoms with E-state index in [1.165, 1.54) is 9.80 Å². The number of allylic oxidation sites excluding steroid dienone is 2. The van der Waals surface area contributed by atoms with Gasteiger partial charge < -0.3 is 0 Å². The van der Waals surface area contributed by atoms with E-state index >= 15 is 0 Å². The fraction of sp³-hybridized carbons (Fsp3) is 0.250. The van der Waals surface area contributed by atoms with Crippen LogP contribution in [0.1, 0.15) is 19.8 Å². The highest BCUT2D eigenvalue weighted by molar-refractivity contribution is 8.03. The largest absolute Gasteiger partial charge is 0.198 e. The van der Waals surface area contributed by atoms with Crippen LogP contribution in [-0.2, 0) is 0 Å². The summed E-state index contributed by atoms with van der Waals surface area (Å²) in [5.74, 6) is 0. The maximum absolute atomic E-state index is 8.38. The molecule has 0 radical (unpaired) electrons. The molecular weight excluding hydrogens is 190 g/mol. The smallest absolute Gasteiger partial charge is 0.0625 e. The Morgan fingerprint density at radius 3 is 2.79 bits per heavy atom. The molecule has 14 heavy (non-hydrogen) atoms. The number of unbranched alkanes of at least 4 members (excludes halogenated alkanes) is 1. The highest BCUT2D eigenvalue weighted by Crippen LogP contribution is 2.25. The van der Waals surface area contributed by atoms with E-state index in [0.29, 0.717) is 6.42 Å². The van der Waals surface area contributed by atoms with Crippen molar-refractivity contribution in [1.82, 2.24) is 0 Å². The average Bonchev–Trinajstić information content (AvgIpc) is 2.20. The number of nitrogens with zero attached hydrogens (tertiary/aromatic N) is 1. The molecule has 0 heterocycles. The minimum atomic E-state index is 0.604. The predicted octanol–water partition coefficient (Wildman–Crippen LogP) is 3.99. The normalized spacial score (nSPS) is 11.0. The van der Waals surface area contributed by atoms with Gasteiger partial charge in [-0.15, -0.1) is 0 Å². The SMILES string of the molecule is C/C(=C/CCC#N)Sc1ccccc1. The zero-order valence-electron chi connectivity index (χ0n) is 8.23. The molecule has 0 N–H and O–H groups in total. The van der Waals surface area contributed by atoms with Crippen LogP contribution in [-0.4, -0.2) is 0 Å². The second-order valence-corrected chi connectivity index (χ2v) is 4.25. The molecule has 0 spiro atoms. The fourth-order valence-electron chi connectivity index (χ4n) is 1.06. The molecule has 1 nitrogen and oxygen atoms in total. The van der Waals surface area contributed by atoms with Crippen LogP contribution in [0.25, 0.3) is 0 Å². The molecule has 0 aliphatic heterocycles. The van der Waals surface area contributed by atoms with Crippen molar-refractivity contribution < 1.29 is 0 Å². The van der Waals surface area contributed by atoms with Gasteiger partial charge >= 0.3 is 0 Å². The molecule has 0 fully saturated rings. The van der Waals surface area contributed by atoms with Crippen LogP contribution in [0.5, 0.6) is 0 Å². The first-order valence-electron chi connectivity index (χ1n) is 4.59. The van der Waals surface area contributed by atoms with E-state index in [0.717, 1.165) is 6.42 Å². The lowest BCUT2D eigenvalue weighted by atomic mass is 10.3. The molecule has 1 rings (SSSR count). The molecule has 0 saturated carbocycles. The predicted molar refractivity (Wildman–Crippen MR) is 60.9 cm³/mol. The van der Waals surface area contributed by atoms with Gasteiger partial charge in [-0.2, -0.15) is 5.26 Å². The molecule has 0 aliphatic rings. The number of thioether (sulfide) groups is 1. The second kappa shape index (κ2) is 6.28. The molecule has 0 aliphatic carbocycles. The van der Waals surface area contributed by atoms with Crippen LogP contribution in [0, 0.1) is 11.3 Å². The third kappa shape index (κ3) is 4.15. The van der Waals surface area contributed by atoms with E-state index in [4.69, 9.17) is 5.26 Å². The van der Waals surface area contributed by atoms with Crippen LogP contribution in [0.4, 0.5) is 0 Å². The zero-order valence-corrected chi connectivity index (χ0v) is 9.05. The molecule has 1 aromatic carbocycles. The van der Waals surface area contributed by atoms with Crippen LogP contribution >= 0.6 is 11.8 Å². The molecule has 0 unspecified atom stereocenters. The Morgan fingerprint density at radius 2 is 2.14 bits per heavy atom. The van der Waals surface area contributed by atoms with Crippen molar-refractivity contribution in [2.75, 3.05) is 0 Å². The summed E-state index contributed by atoms with van der Waals surface area (Å²) in [4.78, 5) is 2.50. The number of nitriles is 1. The van der Waals surface area contributed by atoms with Crippen molar-refractivity contribution >= 4 is 11.8 Å². The summed E-state index contributed by atoms with van der Waals surface area (Å²) in [5.41, 5.74) is 0. The molecular formula is C12H13NS. The van der Waals surface area contributed by atoms with Crippen molar-refractivity contribution in [3.8, 4) is 6.07 Å². The van der Waals surface area contributed by atoms with Crippen LogP contribution in [0.2, 0.25) is 0 Å². The lowest BCUT2D eigenvalue weighted by molar-refractivity contribution is 1.06.